The van der Waals surface area contributed by atoms with Gasteiger partial charge >= 0.3 is 6.03 Å². The Balaban J connectivity index is 1.31. The van der Waals surface area contributed by atoms with Gasteiger partial charge in [-0.2, -0.15) is 10.3 Å². The van der Waals surface area contributed by atoms with Crippen molar-refractivity contribution < 1.29 is 14.4 Å². The summed E-state index contributed by atoms with van der Waals surface area (Å²) < 4.78 is 0. The maximum atomic E-state index is 13.2. The monoisotopic (exact) mass is 474 g/mol. The van der Waals surface area contributed by atoms with Gasteiger partial charge in [-0.3, -0.25) is 24.8 Å². The number of amides is 4. The number of carbonyl (C=O) groups is 3. The van der Waals surface area contributed by atoms with Crippen LogP contribution in [0.3, 0.4) is 0 Å². The second kappa shape index (κ2) is 10.7. The highest BCUT2D eigenvalue weighted by Crippen LogP contribution is 2.31. The van der Waals surface area contributed by atoms with Gasteiger partial charge in [-0.1, -0.05) is 49.4 Å². The standard InChI is InChI=1S/C26H30N6O3/c1-2-26(22-7-4-3-5-8-22)24(34)32(25(35)28-26)29-23(33)19-31-14-6-13-30(15-16-31)18-21-11-9-20(17-27)10-12-21/h3-5,7-12H,2,6,13-16,18-19H2,1H3,(H,28,35)(H,29,33)/t26-/m0/s1. The second-order valence-electron chi connectivity index (χ2n) is 8.95. The Morgan fingerprint density at radius 2 is 1.71 bits per heavy atom. The maximum Gasteiger partial charge on any atom is 0.344 e. The van der Waals surface area contributed by atoms with E-state index in [1.807, 2.05) is 54.3 Å². The Labute approximate surface area is 205 Å². The van der Waals surface area contributed by atoms with E-state index in [0.717, 1.165) is 43.2 Å². The number of nitrogens with one attached hydrogen (secondary N) is 2. The number of urea groups is 1. The van der Waals surface area contributed by atoms with Crippen molar-refractivity contribution in [3.63, 3.8) is 0 Å². The number of imide groups is 1. The second-order valence-corrected chi connectivity index (χ2v) is 8.95. The molecule has 0 spiro atoms. The molecule has 182 valence electrons. The smallest absolute Gasteiger partial charge is 0.318 e. The van der Waals surface area contributed by atoms with Gasteiger partial charge in [0.1, 0.15) is 5.54 Å². The van der Waals surface area contributed by atoms with Crippen molar-refractivity contribution in [2.45, 2.75) is 31.8 Å². The Morgan fingerprint density at radius 1 is 1.03 bits per heavy atom. The molecule has 0 aliphatic carbocycles. The number of carbonyl (C=O) groups excluding carboxylic acids is 3. The van der Waals surface area contributed by atoms with Crippen LogP contribution in [0.4, 0.5) is 4.79 Å². The fourth-order valence-electron chi connectivity index (χ4n) is 4.69. The van der Waals surface area contributed by atoms with E-state index in [-0.39, 0.29) is 6.54 Å². The van der Waals surface area contributed by atoms with E-state index in [9.17, 15) is 14.4 Å². The summed E-state index contributed by atoms with van der Waals surface area (Å²) in [6.45, 7) is 5.87. The normalized spacial score (nSPS) is 21.3. The molecule has 9 heteroatoms. The third kappa shape index (κ3) is 5.34. The first-order valence-electron chi connectivity index (χ1n) is 11.9. The van der Waals surface area contributed by atoms with Crippen LogP contribution in [0.2, 0.25) is 0 Å². The van der Waals surface area contributed by atoms with E-state index in [4.69, 9.17) is 5.26 Å². The average molecular weight is 475 g/mol. The topological polar surface area (TPSA) is 109 Å². The first-order chi connectivity index (χ1) is 16.9. The lowest BCUT2D eigenvalue weighted by atomic mass is 9.87. The minimum atomic E-state index is -1.18. The van der Waals surface area contributed by atoms with E-state index >= 15 is 0 Å². The predicted octanol–water partition coefficient (Wildman–Crippen LogP) is 1.95. The number of nitriles is 1. The van der Waals surface area contributed by atoms with E-state index in [1.54, 1.807) is 12.1 Å². The number of hydrogen-bond acceptors (Lipinski definition) is 6. The molecule has 1 atom stereocenters. The van der Waals surface area contributed by atoms with Crippen molar-refractivity contribution in [1.82, 2.24) is 25.6 Å². The molecule has 2 saturated heterocycles. The van der Waals surface area contributed by atoms with E-state index in [0.29, 0.717) is 24.1 Å². The summed E-state index contributed by atoms with van der Waals surface area (Å²) in [6, 6.07) is 18.2. The summed E-state index contributed by atoms with van der Waals surface area (Å²) in [7, 11) is 0. The van der Waals surface area contributed by atoms with Crippen LogP contribution in [-0.2, 0) is 21.7 Å². The Hall–Kier alpha value is -3.74. The molecule has 0 unspecified atom stereocenters. The summed E-state index contributed by atoms with van der Waals surface area (Å²) in [5.41, 5.74) is 3.82. The summed E-state index contributed by atoms with van der Waals surface area (Å²) in [4.78, 5) is 42.9. The van der Waals surface area contributed by atoms with Crippen LogP contribution < -0.4 is 10.7 Å². The molecule has 0 saturated carbocycles. The third-order valence-corrected chi connectivity index (χ3v) is 6.66. The highest BCUT2D eigenvalue weighted by atomic mass is 16.2. The molecular formula is C26H30N6O3. The van der Waals surface area contributed by atoms with Crippen molar-refractivity contribution in [2.75, 3.05) is 32.7 Å². The quantitative estimate of drug-likeness (QED) is 0.594. The molecule has 0 aromatic heterocycles. The number of nitrogens with zero attached hydrogens (tertiary/aromatic N) is 4. The van der Waals surface area contributed by atoms with Gasteiger partial charge in [0.25, 0.3) is 11.8 Å². The van der Waals surface area contributed by atoms with Crippen LogP contribution in [0.15, 0.2) is 54.6 Å². The highest BCUT2D eigenvalue weighted by molar-refractivity contribution is 6.08. The lowest BCUT2D eigenvalue weighted by Gasteiger charge is -2.26. The summed E-state index contributed by atoms with van der Waals surface area (Å²) in [5, 5.41) is 12.5. The van der Waals surface area contributed by atoms with Crippen LogP contribution in [-0.4, -0.2) is 65.4 Å². The lowest BCUT2D eigenvalue weighted by molar-refractivity contribution is -0.139. The zero-order valence-electron chi connectivity index (χ0n) is 19.9. The van der Waals surface area contributed by atoms with Crippen LogP contribution in [0, 0.1) is 11.3 Å². The molecule has 2 aromatic carbocycles. The van der Waals surface area contributed by atoms with Gasteiger partial charge < -0.3 is 5.32 Å². The lowest BCUT2D eigenvalue weighted by Crippen LogP contribution is -2.51. The highest BCUT2D eigenvalue weighted by Gasteiger charge is 2.52. The number of benzene rings is 2. The zero-order chi connectivity index (χ0) is 24.8. The Kier molecular flexibility index (Phi) is 7.44. The molecule has 0 radical (unpaired) electrons. The molecule has 2 aliphatic heterocycles. The number of rotatable bonds is 7. The largest absolute Gasteiger partial charge is 0.344 e. The van der Waals surface area contributed by atoms with Crippen LogP contribution in [0.25, 0.3) is 0 Å². The summed E-state index contributed by atoms with van der Waals surface area (Å²) >= 11 is 0. The Morgan fingerprint density at radius 3 is 2.40 bits per heavy atom. The van der Waals surface area contributed by atoms with Gasteiger partial charge in [-0.15, -0.1) is 0 Å². The van der Waals surface area contributed by atoms with Gasteiger partial charge in [-0.05, 0) is 49.2 Å². The predicted molar refractivity (Wildman–Crippen MR) is 129 cm³/mol. The number of hydrogen-bond donors (Lipinski definition) is 2. The van der Waals surface area contributed by atoms with Crippen molar-refractivity contribution in [3.8, 4) is 6.07 Å². The van der Waals surface area contributed by atoms with Crippen molar-refractivity contribution in [1.29, 1.82) is 5.26 Å². The average Bonchev–Trinajstić information content (AvgIpc) is 3.00. The molecule has 9 nitrogen and oxygen atoms in total. The fourth-order valence-corrected chi connectivity index (χ4v) is 4.69. The van der Waals surface area contributed by atoms with E-state index in [1.165, 1.54) is 0 Å². The molecule has 2 aliphatic rings. The molecule has 4 rings (SSSR count). The van der Waals surface area contributed by atoms with E-state index < -0.39 is 23.4 Å². The minimum Gasteiger partial charge on any atom is -0.318 e. The van der Waals surface area contributed by atoms with Crippen molar-refractivity contribution in [3.05, 3.63) is 71.3 Å². The number of hydrazine groups is 1. The third-order valence-electron chi connectivity index (χ3n) is 6.66. The fraction of sp³-hybridized carbons (Fsp3) is 0.385. The minimum absolute atomic E-state index is 0.103. The first-order valence-corrected chi connectivity index (χ1v) is 11.9. The molecule has 0 bridgehead atoms. The summed E-state index contributed by atoms with van der Waals surface area (Å²) in [5.74, 6) is -0.872. The molecule has 4 amide bonds. The first kappa shape index (κ1) is 24.4. The van der Waals surface area contributed by atoms with Crippen molar-refractivity contribution in [2.24, 2.45) is 0 Å². The van der Waals surface area contributed by atoms with Gasteiger partial charge in [0.15, 0.2) is 0 Å². The Bertz CT molecular complexity index is 1110. The molecule has 2 N–H and O–H groups in total. The van der Waals surface area contributed by atoms with Gasteiger partial charge in [-0.25, -0.2) is 4.79 Å². The van der Waals surface area contributed by atoms with Crippen LogP contribution >= 0.6 is 0 Å². The van der Waals surface area contributed by atoms with Gasteiger partial charge in [0.2, 0.25) is 0 Å². The van der Waals surface area contributed by atoms with Crippen molar-refractivity contribution >= 4 is 17.8 Å². The summed E-state index contributed by atoms with van der Waals surface area (Å²) in [6.07, 6.45) is 1.27. The van der Waals surface area contributed by atoms with Gasteiger partial charge in [0, 0.05) is 19.6 Å². The maximum absolute atomic E-state index is 13.2. The van der Waals surface area contributed by atoms with Gasteiger partial charge in [0.05, 0.1) is 18.2 Å². The molecule has 2 fully saturated rings. The molecule has 35 heavy (non-hydrogen) atoms. The molecule has 2 aromatic rings. The van der Waals surface area contributed by atoms with Crippen LogP contribution in [0.5, 0.6) is 0 Å². The SMILES string of the molecule is CC[C@@]1(c2ccccc2)NC(=O)N(NC(=O)CN2CCCN(Cc3ccc(C#N)cc3)CC2)C1=O. The van der Waals surface area contributed by atoms with E-state index in [2.05, 4.69) is 21.7 Å². The molecular weight excluding hydrogens is 444 g/mol. The molecule has 2 heterocycles. The van der Waals surface area contributed by atoms with Crippen LogP contribution in [0.1, 0.15) is 36.5 Å². The zero-order valence-corrected chi connectivity index (χ0v) is 19.9.